The second-order valence-corrected chi connectivity index (χ2v) is 3.95. The van der Waals surface area contributed by atoms with E-state index < -0.39 is 4.92 Å². The topological polar surface area (TPSA) is 93.8 Å². The Morgan fingerprint density at radius 3 is 2.65 bits per heavy atom. The first-order valence-electron chi connectivity index (χ1n) is 4.49. The Bertz CT molecular complexity index is 548. The first-order valence-corrected chi connectivity index (χ1v) is 5.28. The highest BCUT2D eigenvalue weighted by Crippen LogP contribution is 2.27. The molecule has 17 heavy (non-hydrogen) atoms. The summed E-state index contributed by atoms with van der Waals surface area (Å²) in [5, 5.41) is 13.6. The van der Waals surface area contributed by atoms with Crippen LogP contribution in [-0.4, -0.2) is 19.9 Å². The second-order valence-electron chi connectivity index (χ2n) is 3.03. The zero-order chi connectivity index (χ0) is 12.3. The van der Waals surface area contributed by atoms with Gasteiger partial charge in [0.1, 0.15) is 6.33 Å². The van der Waals surface area contributed by atoms with Crippen LogP contribution in [0.25, 0.3) is 0 Å². The highest BCUT2D eigenvalue weighted by molar-refractivity contribution is 9.10. The summed E-state index contributed by atoms with van der Waals surface area (Å²) in [5.74, 6) is 0.146. The van der Waals surface area contributed by atoms with Crippen LogP contribution in [0.4, 0.5) is 17.2 Å². The van der Waals surface area contributed by atoms with Gasteiger partial charge in [0.15, 0.2) is 0 Å². The molecule has 8 heteroatoms. The minimum absolute atomic E-state index is 0.122. The van der Waals surface area contributed by atoms with Crippen LogP contribution in [0.1, 0.15) is 0 Å². The summed E-state index contributed by atoms with van der Waals surface area (Å²) < 4.78 is 0.541. The zero-order valence-electron chi connectivity index (χ0n) is 8.37. The zero-order valence-corrected chi connectivity index (χ0v) is 9.96. The van der Waals surface area contributed by atoms with E-state index in [4.69, 9.17) is 0 Å². The summed E-state index contributed by atoms with van der Waals surface area (Å²) in [6.07, 6.45) is 5.84. The Balaban J connectivity index is 2.36. The fourth-order valence-corrected chi connectivity index (χ4v) is 1.48. The maximum absolute atomic E-state index is 10.8. The van der Waals surface area contributed by atoms with Crippen LogP contribution in [0.3, 0.4) is 0 Å². The molecule has 2 aromatic heterocycles. The Labute approximate surface area is 104 Å². The third kappa shape index (κ3) is 2.72. The van der Waals surface area contributed by atoms with Gasteiger partial charge in [-0.2, -0.15) is 0 Å². The molecule has 0 saturated heterocycles. The predicted molar refractivity (Wildman–Crippen MR) is 63.9 cm³/mol. The highest BCUT2D eigenvalue weighted by atomic mass is 79.9. The van der Waals surface area contributed by atoms with Crippen LogP contribution < -0.4 is 5.32 Å². The van der Waals surface area contributed by atoms with Gasteiger partial charge in [0.25, 0.3) is 0 Å². The van der Waals surface area contributed by atoms with Crippen molar-refractivity contribution in [3.05, 3.63) is 45.6 Å². The molecule has 0 amide bonds. The van der Waals surface area contributed by atoms with Gasteiger partial charge < -0.3 is 5.32 Å². The van der Waals surface area contributed by atoms with E-state index in [2.05, 4.69) is 36.2 Å². The van der Waals surface area contributed by atoms with E-state index in [0.717, 1.165) is 0 Å². The summed E-state index contributed by atoms with van der Waals surface area (Å²) >= 11 is 3.13. The van der Waals surface area contributed by atoms with E-state index in [9.17, 15) is 10.1 Å². The van der Waals surface area contributed by atoms with Crippen LogP contribution >= 0.6 is 15.9 Å². The number of rotatable bonds is 3. The Morgan fingerprint density at radius 1 is 1.29 bits per heavy atom. The maximum Gasteiger partial charge on any atom is 0.312 e. The lowest BCUT2D eigenvalue weighted by atomic mass is 10.4. The minimum Gasteiger partial charge on any atom is -0.332 e. The van der Waals surface area contributed by atoms with Crippen molar-refractivity contribution >= 4 is 33.1 Å². The van der Waals surface area contributed by atoms with Gasteiger partial charge in [-0.05, 0) is 15.9 Å². The number of halogens is 1. The number of nitrogens with zero attached hydrogens (tertiary/aromatic N) is 4. The number of hydrogen-bond acceptors (Lipinski definition) is 6. The molecule has 0 unspecified atom stereocenters. The molecule has 2 heterocycles. The summed E-state index contributed by atoms with van der Waals surface area (Å²) in [5.41, 5.74) is 0.411. The Kier molecular flexibility index (Phi) is 3.24. The lowest BCUT2D eigenvalue weighted by Gasteiger charge is -2.04. The van der Waals surface area contributed by atoms with Crippen LogP contribution in [0.5, 0.6) is 0 Å². The first-order chi connectivity index (χ1) is 8.16. The summed E-state index contributed by atoms with van der Waals surface area (Å²) in [6.45, 7) is 0. The average molecular weight is 296 g/mol. The Hall–Kier alpha value is -2.09. The van der Waals surface area contributed by atoms with Crippen molar-refractivity contribution in [2.24, 2.45) is 0 Å². The molecule has 0 atom stereocenters. The van der Waals surface area contributed by atoms with E-state index in [1.807, 2.05) is 0 Å². The number of anilines is 2. The lowest BCUT2D eigenvalue weighted by molar-refractivity contribution is -0.384. The van der Waals surface area contributed by atoms with Gasteiger partial charge in [-0.15, -0.1) is 0 Å². The molecule has 0 spiro atoms. The smallest absolute Gasteiger partial charge is 0.312 e. The minimum atomic E-state index is -0.510. The van der Waals surface area contributed by atoms with E-state index in [-0.39, 0.29) is 11.5 Å². The third-order valence-electron chi connectivity index (χ3n) is 1.85. The number of aromatic nitrogens is 3. The van der Waals surface area contributed by atoms with Crippen molar-refractivity contribution in [1.82, 2.24) is 15.0 Å². The van der Waals surface area contributed by atoms with Crippen LogP contribution in [-0.2, 0) is 0 Å². The van der Waals surface area contributed by atoms with Crippen molar-refractivity contribution in [2.45, 2.75) is 0 Å². The summed E-state index contributed by atoms with van der Waals surface area (Å²) in [6, 6.07) is 1.37. The van der Waals surface area contributed by atoms with Gasteiger partial charge in [0, 0.05) is 16.7 Å². The molecule has 2 aromatic rings. The maximum atomic E-state index is 10.8. The van der Waals surface area contributed by atoms with Crippen molar-refractivity contribution in [1.29, 1.82) is 0 Å². The van der Waals surface area contributed by atoms with Crippen molar-refractivity contribution < 1.29 is 4.92 Å². The standard InChI is InChI=1S/C9H6BrN5O2/c10-6-1-8(15(16)17)9(13-2-6)14-7-3-11-5-12-4-7/h1-5H,(H,13,14). The number of pyridine rings is 1. The molecule has 1 N–H and O–H groups in total. The first kappa shape index (κ1) is 11.4. The molecule has 0 aliphatic heterocycles. The second kappa shape index (κ2) is 4.83. The molecule has 0 aliphatic carbocycles. The molecule has 0 radical (unpaired) electrons. The van der Waals surface area contributed by atoms with Crippen LogP contribution in [0.2, 0.25) is 0 Å². The van der Waals surface area contributed by atoms with E-state index in [1.165, 1.54) is 31.0 Å². The molecule has 7 nitrogen and oxygen atoms in total. The van der Waals surface area contributed by atoms with E-state index in [0.29, 0.717) is 10.2 Å². The van der Waals surface area contributed by atoms with Crippen LogP contribution in [0.15, 0.2) is 35.5 Å². The van der Waals surface area contributed by atoms with Gasteiger partial charge in [-0.25, -0.2) is 15.0 Å². The molecular formula is C9H6BrN5O2. The molecule has 0 aliphatic rings. The van der Waals surface area contributed by atoms with Gasteiger partial charge >= 0.3 is 5.69 Å². The molecular weight excluding hydrogens is 290 g/mol. The lowest BCUT2D eigenvalue weighted by Crippen LogP contribution is -2.00. The third-order valence-corrected chi connectivity index (χ3v) is 2.29. The summed E-state index contributed by atoms with van der Waals surface area (Å²) in [7, 11) is 0. The van der Waals surface area contributed by atoms with E-state index in [1.54, 1.807) is 0 Å². The van der Waals surface area contributed by atoms with Gasteiger partial charge in [0.05, 0.1) is 23.0 Å². The summed E-state index contributed by atoms with van der Waals surface area (Å²) in [4.78, 5) is 21.9. The Morgan fingerprint density at radius 2 is 2.00 bits per heavy atom. The van der Waals surface area contributed by atoms with Crippen molar-refractivity contribution in [2.75, 3.05) is 5.32 Å². The predicted octanol–water partition coefficient (Wildman–Crippen LogP) is 2.29. The van der Waals surface area contributed by atoms with E-state index >= 15 is 0 Å². The average Bonchev–Trinajstić information content (AvgIpc) is 2.32. The number of nitrogens with one attached hydrogen (secondary N) is 1. The largest absolute Gasteiger partial charge is 0.332 e. The normalized spacial score (nSPS) is 9.94. The molecule has 0 aromatic carbocycles. The molecule has 86 valence electrons. The van der Waals surface area contributed by atoms with Crippen LogP contribution in [0, 0.1) is 10.1 Å². The van der Waals surface area contributed by atoms with Gasteiger partial charge in [-0.3, -0.25) is 10.1 Å². The highest BCUT2D eigenvalue weighted by Gasteiger charge is 2.15. The quantitative estimate of drug-likeness (QED) is 0.689. The molecule has 0 saturated carbocycles. The molecule has 0 fully saturated rings. The SMILES string of the molecule is O=[N+]([O-])c1cc(Br)cnc1Nc1cncnc1. The number of hydrogen-bond donors (Lipinski definition) is 1. The van der Waals surface area contributed by atoms with Gasteiger partial charge in [-0.1, -0.05) is 0 Å². The van der Waals surface area contributed by atoms with Gasteiger partial charge in [0.2, 0.25) is 5.82 Å². The van der Waals surface area contributed by atoms with Crippen molar-refractivity contribution in [3.8, 4) is 0 Å². The number of nitro groups is 1. The molecule has 2 rings (SSSR count). The fourth-order valence-electron chi connectivity index (χ4n) is 1.16. The fraction of sp³-hybridized carbons (Fsp3) is 0. The monoisotopic (exact) mass is 295 g/mol. The van der Waals surface area contributed by atoms with Crippen molar-refractivity contribution in [3.63, 3.8) is 0 Å². The molecule has 0 bridgehead atoms.